The molecule has 2 fully saturated rings. The first kappa shape index (κ1) is 23.0. The number of benzene rings is 1. The molecule has 2 aliphatic heterocycles. The molecule has 0 radical (unpaired) electrons. The van der Waals surface area contributed by atoms with E-state index in [9.17, 15) is 27.2 Å². The number of thiocarbonyl (C=S) groups is 1. The van der Waals surface area contributed by atoms with Gasteiger partial charge in [-0.1, -0.05) is 12.2 Å². The van der Waals surface area contributed by atoms with Crippen LogP contribution in [0.5, 0.6) is 0 Å². The van der Waals surface area contributed by atoms with E-state index in [0.29, 0.717) is 31.2 Å². The van der Waals surface area contributed by atoms with Crippen LogP contribution >= 0.6 is 12.2 Å². The van der Waals surface area contributed by atoms with Crippen molar-refractivity contribution in [2.75, 3.05) is 49.1 Å². The van der Waals surface area contributed by atoms with Crippen LogP contribution in [0.1, 0.15) is 6.92 Å². The van der Waals surface area contributed by atoms with E-state index in [1.807, 2.05) is 5.32 Å². The SMILES string of the molecule is CC(=S)N1CCN(c2c(F)cc(N3C[C@H](CNC(=O)C(F)F)OC3=O)cc2F)CCN1. The quantitative estimate of drug-likeness (QED) is 0.508. The minimum atomic E-state index is -3.20. The van der Waals surface area contributed by atoms with Crippen molar-refractivity contribution in [1.82, 2.24) is 15.8 Å². The van der Waals surface area contributed by atoms with Gasteiger partial charge in [-0.25, -0.2) is 19.0 Å². The average Bonchev–Trinajstić information content (AvgIpc) is 2.90. The number of hydrazine groups is 1. The van der Waals surface area contributed by atoms with Crippen molar-refractivity contribution in [2.24, 2.45) is 0 Å². The van der Waals surface area contributed by atoms with Crippen LogP contribution in [-0.4, -0.2) is 73.8 Å². The highest BCUT2D eigenvalue weighted by molar-refractivity contribution is 7.80. The van der Waals surface area contributed by atoms with Gasteiger partial charge in [0.15, 0.2) is 11.6 Å². The van der Waals surface area contributed by atoms with Gasteiger partial charge in [-0.3, -0.25) is 9.69 Å². The predicted molar refractivity (Wildman–Crippen MR) is 108 cm³/mol. The van der Waals surface area contributed by atoms with E-state index in [0.717, 1.165) is 17.0 Å². The number of carbonyl (C=O) groups is 2. The molecule has 0 aliphatic carbocycles. The lowest BCUT2D eigenvalue weighted by Crippen LogP contribution is -2.41. The third kappa shape index (κ3) is 5.34. The Hall–Kier alpha value is -2.67. The molecule has 0 aromatic heterocycles. The molecule has 0 spiro atoms. The molecule has 2 aliphatic rings. The first-order valence-electron chi connectivity index (χ1n) is 9.47. The van der Waals surface area contributed by atoms with Crippen molar-refractivity contribution in [1.29, 1.82) is 0 Å². The maximum atomic E-state index is 14.8. The second-order valence-electron chi connectivity index (χ2n) is 6.99. The minimum Gasteiger partial charge on any atom is -0.442 e. The van der Waals surface area contributed by atoms with E-state index < -0.39 is 36.2 Å². The molecule has 1 atom stereocenters. The Balaban J connectivity index is 1.71. The molecule has 2 heterocycles. The number of nitrogens with zero attached hydrogens (tertiary/aromatic N) is 3. The second-order valence-corrected chi connectivity index (χ2v) is 7.58. The van der Waals surface area contributed by atoms with Crippen LogP contribution in [0.15, 0.2) is 12.1 Å². The van der Waals surface area contributed by atoms with Gasteiger partial charge < -0.3 is 20.0 Å². The molecule has 31 heavy (non-hydrogen) atoms. The zero-order valence-electron chi connectivity index (χ0n) is 16.5. The molecule has 170 valence electrons. The molecule has 3 rings (SSSR count). The third-order valence-corrected chi connectivity index (χ3v) is 5.08. The van der Waals surface area contributed by atoms with Crippen molar-refractivity contribution < 1.29 is 31.9 Å². The normalized spacial score (nSPS) is 19.5. The molecule has 0 saturated carbocycles. The summed E-state index contributed by atoms with van der Waals surface area (Å²) in [6, 6.07) is 2.03. The Labute approximate surface area is 181 Å². The van der Waals surface area contributed by atoms with E-state index in [2.05, 4.69) is 5.43 Å². The molecule has 1 aromatic carbocycles. The van der Waals surface area contributed by atoms with Gasteiger partial charge in [-0.05, 0) is 6.92 Å². The zero-order valence-corrected chi connectivity index (χ0v) is 17.4. The lowest BCUT2D eigenvalue weighted by molar-refractivity contribution is -0.132. The van der Waals surface area contributed by atoms with Crippen LogP contribution in [0.25, 0.3) is 0 Å². The fraction of sp³-hybridized carbons (Fsp3) is 0.500. The molecular formula is C18H21F4N5O3S. The molecular weight excluding hydrogens is 442 g/mol. The number of anilines is 2. The van der Waals surface area contributed by atoms with Crippen molar-refractivity contribution in [3.63, 3.8) is 0 Å². The fourth-order valence-electron chi connectivity index (χ4n) is 3.36. The first-order valence-corrected chi connectivity index (χ1v) is 9.87. The number of hydrogen-bond donors (Lipinski definition) is 2. The summed E-state index contributed by atoms with van der Waals surface area (Å²) < 4.78 is 59.2. The summed E-state index contributed by atoms with van der Waals surface area (Å²) in [4.78, 5) is 26.2. The number of hydrogen-bond acceptors (Lipinski definition) is 6. The van der Waals surface area contributed by atoms with Crippen LogP contribution in [0, 0.1) is 11.6 Å². The highest BCUT2D eigenvalue weighted by Crippen LogP contribution is 2.31. The van der Waals surface area contributed by atoms with Crippen LogP contribution in [0.3, 0.4) is 0 Å². The molecule has 0 bridgehead atoms. The van der Waals surface area contributed by atoms with Crippen LogP contribution < -0.4 is 20.5 Å². The Kier molecular flexibility index (Phi) is 7.15. The third-order valence-electron chi connectivity index (χ3n) is 4.86. The summed E-state index contributed by atoms with van der Waals surface area (Å²) in [5.74, 6) is -3.21. The Morgan fingerprint density at radius 3 is 2.58 bits per heavy atom. The smallest absolute Gasteiger partial charge is 0.414 e. The number of cyclic esters (lactones) is 1. The topological polar surface area (TPSA) is 77.2 Å². The van der Waals surface area contributed by atoms with Gasteiger partial charge in [0.1, 0.15) is 11.8 Å². The van der Waals surface area contributed by atoms with Gasteiger partial charge in [0.25, 0.3) is 5.91 Å². The lowest BCUT2D eigenvalue weighted by Gasteiger charge is -2.25. The molecule has 0 unspecified atom stereocenters. The number of amides is 2. The number of halogens is 4. The van der Waals surface area contributed by atoms with Crippen LogP contribution in [0.2, 0.25) is 0 Å². The zero-order chi connectivity index (χ0) is 22.7. The maximum Gasteiger partial charge on any atom is 0.414 e. The average molecular weight is 463 g/mol. The van der Waals surface area contributed by atoms with Crippen LogP contribution in [-0.2, 0) is 9.53 Å². The number of alkyl halides is 2. The predicted octanol–water partition coefficient (Wildman–Crippen LogP) is 1.65. The molecule has 1 aromatic rings. The first-order chi connectivity index (χ1) is 14.7. The largest absolute Gasteiger partial charge is 0.442 e. The molecule has 2 N–H and O–H groups in total. The van der Waals surface area contributed by atoms with Crippen molar-refractivity contribution in [3.8, 4) is 0 Å². The number of rotatable bonds is 5. The summed E-state index contributed by atoms with van der Waals surface area (Å²) in [5, 5.41) is 3.67. The van der Waals surface area contributed by atoms with Gasteiger partial charge in [-0.15, -0.1) is 0 Å². The molecule has 2 saturated heterocycles. The van der Waals surface area contributed by atoms with E-state index in [-0.39, 0.29) is 24.5 Å². The van der Waals surface area contributed by atoms with Crippen LogP contribution in [0.4, 0.5) is 33.7 Å². The lowest BCUT2D eigenvalue weighted by atomic mass is 10.2. The number of ether oxygens (including phenoxy) is 1. The van der Waals surface area contributed by atoms with Gasteiger partial charge in [-0.2, -0.15) is 8.78 Å². The minimum absolute atomic E-state index is 0.0734. The maximum absolute atomic E-state index is 14.8. The Morgan fingerprint density at radius 1 is 1.29 bits per heavy atom. The van der Waals surface area contributed by atoms with Gasteiger partial charge in [0.05, 0.1) is 30.3 Å². The molecule has 13 heteroatoms. The number of carbonyl (C=O) groups excluding carboxylic acids is 2. The van der Waals surface area contributed by atoms with E-state index in [1.165, 1.54) is 0 Å². The molecule has 2 amide bonds. The van der Waals surface area contributed by atoms with E-state index in [1.54, 1.807) is 16.8 Å². The van der Waals surface area contributed by atoms with E-state index >= 15 is 0 Å². The highest BCUT2D eigenvalue weighted by Gasteiger charge is 2.34. The van der Waals surface area contributed by atoms with Crippen molar-refractivity contribution in [2.45, 2.75) is 19.5 Å². The van der Waals surface area contributed by atoms with Gasteiger partial charge >= 0.3 is 12.5 Å². The summed E-state index contributed by atoms with van der Waals surface area (Å²) in [6.45, 7) is 2.77. The van der Waals surface area contributed by atoms with Crippen molar-refractivity contribution in [3.05, 3.63) is 23.8 Å². The fourth-order valence-corrected chi connectivity index (χ4v) is 3.52. The summed E-state index contributed by atoms with van der Waals surface area (Å²) >= 11 is 5.11. The van der Waals surface area contributed by atoms with Gasteiger partial charge in [0.2, 0.25) is 0 Å². The molecule has 8 nitrogen and oxygen atoms in total. The highest BCUT2D eigenvalue weighted by atomic mass is 32.1. The second kappa shape index (κ2) is 9.64. The van der Waals surface area contributed by atoms with E-state index in [4.69, 9.17) is 17.0 Å². The Morgan fingerprint density at radius 2 is 1.97 bits per heavy atom. The summed E-state index contributed by atoms with van der Waals surface area (Å²) in [5.41, 5.74) is 2.78. The van der Waals surface area contributed by atoms with Gasteiger partial charge in [0, 0.05) is 31.8 Å². The Bertz CT molecular complexity index is 852. The monoisotopic (exact) mass is 463 g/mol. The number of nitrogens with one attached hydrogen (secondary N) is 2. The summed E-state index contributed by atoms with van der Waals surface area (Å²) in [7, 11) is 0. The summed E-state index contributed by atoms with van der Waals surface area (Å²) in [6.07, 6.45) is -5.02. The standard InChI is InChI=1S/C18H21F4N5O3S/c1-10(31)27-5-4-25(3-2-24-27)15-13(19)6-11(7-14(15)20)26-9-12(30-18(26)29)8-23-17(28)16(21)22/h6-7,12,16,24H,2-5,8-9H2,1H3,(H,23,28)/t12-/m0/s1. The van der Waals surface area contributed by atoms with Crippen molar-refractivity contribution >= 4 is 40.6 Å².